The van der Waals surface area contributed by atoms with Gasteiger partial charge in [0, 0.05) is 0 Å². The maximum Gasteiger partial charge on any atom is 0.296 e. The number of aryl methyl sites for hydroxylation is 1. The summed E-state index contributed by atoms with van der Waals surface area (Å²) in [4.78, 5) is -0.355. The van der Waals surface area contributed by atoms with E-state index in [0.29, 0.717) is 5.56 Å². The lowest BCUT2D eigenvalue weighted by atomic mass is 10.2. The summed E-state index contributed by atoms with van der Waals surface area (Å²) >= 11 is 5.59. The molecule has 0 heterocycles. The summed E-state index contributed by atoms with van der Waals surface area (Å²) in [6.07, 6.45) is 0. The average Bonchev–Trinajstić information content (AvgIpc) is 1.94. The molecular formula is C7H8ClNO3S. The van der Waals surface area contributed by atoms with Crippen molar-refractivity contribution in [1.82, 2.24) is 0 Å². The zero-order chi connectivity index (χ0) is 10.2. The zero-order valence-electron chi connectivity index (χ0n) is 6.78. The SMILES string of the molecule is Cc1cc(N)c(Cl)c(S(=O)(=O)O)c1. The second-order valence-corrected chi connectivity index (χ2v) is 4.41. The Labute approximate surface area is 81.1 Å². The van der Waals surface area contributed by atoms with Crippen molar-refractivity contribution in [3.8, 4) is 0 Å². The van der Waals surface area contributed by atoms with Gasteiger partial charge in [0.05, 0.1) is 10.7 Å². The normalized spacial score (nSPS) is 11.6. The van der Waals surface area contributed by atoms with E-state index in [1.54, 1.807) is 6.92 Å². The lowest BCUT2D eigenvalue weighted by molar-refractivity contribution is 0.483. The molecule has 0 aliphatic heterocycles. The topological polar surface area (TPSA) is 80.4 Å². The highest BCUT2D eigenvalue weighted by molar-refractivity contribution is 7.86. The molecule has 0 aliphatic carbocycles. The van der Waals surface area contributed by atoms with Gasteiger partial charge in [0.25, 0.3) is 10.1 Å². The molecular weight excluding hydrogens is 214 g/mol. The molecule has 13 heavy (non-hydrogen) atoms. The fraction of sp³-hybridized carbons (Fsp3) is 0.143. The van der Waals surface area contributed by atoms with Gasteiger partial charge in [-0.2, -0.15) is 8.42 Å². The number of nitrogen functional groups attached to an aromatic ring is 1. The second-order valence-electron chi connectivity index (χ2n) is 2.64. The Morgan fingerprint density at radius 2 is 2.00 bits per heavy atom. The first kappa shape index (κ1) is 10.3. The smallest absolute Gasteiger partial charge is 0.296 e. The Balaban J connectivity index is 3.56. The van der Waals surface area contributed by atoms with E-state index in [9.17, 15) is 8.42 Å². The van der Waals surface area contributed by atoms with Gasteiger partial charge in [-0.05, 0) is 24.6 Å². The third-order valence-electron chi connectivity index (χ3n) is 1.49. The van der Waals surface area contributed by atoms with E-state index in [1.165, 1.54) is 12.1 Å². The highest BCUT2D eigenvalue weighted by atomic mass is 35.5. The molecule has 0 aromatic heterocycles. The summed E-state index contributed by atoms with van der Waals surface area (Å²) in [5, 5.41) is -0.145. The maximum absolute atomic E-state index is 10.8. The first-order valence-corrected chi connectivity index (χ1v) is 5.17. The summed E-state index contributed by atoms with van der Waals surface area (Å²) in [6.45, 7) is 1.65. The molecule has 4 nitrogen and oxygen atoms in total. The quantitative estimate of drug-likeness (QED) is 0.556. The molecule has 0 amide bonds. The molecule has 1 rings (SSSR count). The number of hydrogen-bond donors (Lipinski definition) is 2. The van der Waals surface area contributed by atoms with Crippen LogP contribution in [0.25, 0.3) is 0 Å². The predicted molar refractivity (Wildman–Crippen MR) is 50.4 cm³/mol. The molecule has 0 unspecified atom stereocenters. The lowest BCUT2D eigenvalue weighted by Gasteiger charge is -2.04. The van der Waals surface area contributed by atoms with Crippen LogP contribution in [0.15, 0.2) is 17.0 Å². The minimum Gasteiger partial charge on any atom is -0.397 e. The van der Waals surface area contributed by atoms with E-state index < -0.39 is 10.1 Å². The summed E-state index contributed by atoms with van der Waals surface area (Å²) < 4.78 is 30.3. The predicted octanol–water partition coefficient (Wildman–Crippen LogP) is 1.48. The van der Waals surface area contributed by atoms with Crippen LogP contribution in [0.2, 0.25) is 5.02 Å². The number of halogens is 1. The van der Waals surface area contributed by atoms with E-state index in [-0.39, 0.29) is 15.6 Å². The van der Waals surface area contributed by atoms with Crippen LogP contribution < -0.4 is 5.73 Å². The van der Waals surface area contributed by atoms with Gasteiger partial charge in [0.2, 0.25) is 0 Å². The number of nitrogens with two attached hydrogens (primary N) is 1. The molecule has 6 heteroatoms. The Morgan fingerprint density at radius 1 is 1.46 bits per heavy atom. The van der Waals surface area contributed by atoms with Crippen LogP contribution in [-0.4, -0.2) is 13.0 Å². The summed E-state index contributed by atoms with van der Waals surface area (Å²) in [6, 6.07) is 2.78. The highest BCUT2D eigenvalue weighted by Crippen LogP contribution is 2.28. The Kier molecular flexibility index (Phi) is 2.51. The van der Waals surface area contributed by atoms with Gasteiger partial charge in [0.1, 0.15) is 4.90 Å². The van der Waals surface area contributed by atoms with Crippen LogP contribution in [0.3, 0.4) is 0 Å². The van der Waals surface area contributed by atoms with E-state index in [4.69, 9.17) is 21.9 Å². The fourth-order valence-electron chi connectivity index (χ4n) is 0.950. The van der Waals surface area contributed by atoms with Gasteiger partial charge in [-0.3, -0.25) is 4.55 Å². The first-order chi connectivity index (χ1) is 5.82. The van der Waals surface area contributed by atoms with Crippen LogP contribution in [0, 0.1) is 6.92 Å². The highest BCUT2D eigenvalue weighted by Gasteiger charge is 2.16. The van der Waals surface area contributed by atoms with Crippen molar-refractivity contribution in [3.05, 3.63) is 22.7 Å². The Morgan fingerprint density at radius 3 is 2.46 bits per heavy atom. The molecule has 3 N–H and O–H groups in total. The fourth-order valence-corrected chi connectivity index (χ4v) is 2.03. The molecule has 0 aliphatic rings. The summed E-state index contributed by atoms with van der Waals surface area (Å²) in [5.74, 6) is 0. The average molecular weight is 222 g/mol. The molecule has 0 saturated carbocycles. The molecule has 0 fully saturated rings. The minimum absolute atomic E-state index is 0.134. The Hall–Kier alpha value is -0.780. The third-order valence-corrected chi connectivity index (χ3v) is 2.90. The van der Waals surface area contributed by atoms with Crippen LogP contribution in [0.1, 0.15) is 5.56 Å². The van der Waals surface area contributed by atoms with Crippen molar-refractivity contribution in [2.75, 3.05) is 5.73 Å². The van der Waals surface area contributed by atoms with Crippen LogP contribution >= 0.6 is 11.6 Å². The van der Waals surface area contributed by atoms with E-state index in [1.807, 2.05) is 0 Å². The molecule has 0 atom stereocenters. The number of hydrogen-bond acceptors (Lipinski definition) is 3. The van der Waals surface area contributed by atoms with E-state index in [2.05, 4.69) is 0 Å². The van der Waals surface area contributed by atoms with Gasteiger partial charge in [-0.1, -0.05) is 11.6 Å². The van der Waals surface area contributed by atoms with E-state index >= 15 is 0 Å². The van der Waals surface area contributed by atoms with Gasteiger partial charge in [-0.15, -0.1) is 0 Å². The molecule has 0 saturated heterocycles. The number of benzene rings is 1. The molecule has 1 aromatic carbocycles. The first-order valence-electron chi connectivity index (χ1n) is 3.35. The van der Waals surface area contributed by atoms with Crippen molar-refractivity contribution in [2.45, 2.75) is 11.8 Å². The summed E-state index contributed by atoms with van der Waals surface area (Å²) in [5.41, 5.74) is 6.16. The van der Waals surface area contributed by atoms with Crippen molar-refractivity contribution < 1.29 is 13.0 Å². The van der Waals surface area contributed by atoms with E-state index in [0.717, 1.165) is 0 Å². The second kappa shape index (κ2) is 3.17. The largest absolute Gasteiger partial charge is 0.397 e. The molecule has 72 valence electrons. The molecule has 1 aromatic rings. The maximum atomic E-state index is 10.8. The summed E-state index contributed by atoms with van der Waals surface area (Å²) in [7, 11) is -4.29. The zero-order valence-corrected chi connectivity index (χ0v) is 8.35. The van der Waals surface area contributed by atoms with Gasteiger partial charge >= 0.3 is 0 Å². The van der Waals surface area contributed by atoms with Crippen LogP contribution in [0.5, 0.6) is 0 Å². The number of anilines is 1. The molecule has 0 radical (unpaired) electrons. The monoisotopic (exact) mass is 221 g/mol. The van der Waals surface area contributed by atoms with Gasteiger partial charge in [0.15, 0.2) is 0 Å². The van der Waals surface area contributed by atoms with Crippen molar-refractivity contribution in [1.29, 1.82) is 0 Å². The van der Waals surface area contributed by atoms with Gasteiger partial charge in [-0.25, -0.2) is 0 Å². The molecule has 0 bridgehead atoms. The van der Waals surface area contributed by atoms with Crippen molar-refractivity contribution in [2.24, 2.45) is 0 Å². The lowest BCUT2D eigenvalue weighted by Crippen LogP contribution is -2.02. The minimum atomic E-state index is -4.29. The molecule has 0 spiro atoms. The third kappa shape index (κ3) is 2.12. The number of rotatable bonds is 1. The standard InChI is InChI=1S/C7H8ClNO3S/c1-4-2-5(9)7(8)6(3-4)13(10,11)12/h2-3H,9H2,1H3,(H,10,11,12). The van der Waals surface area contributed by atoms with Crippen molar-refractivity contribution in [3.63, 3.8) is 0 Å². The Bertz CT molecular complexity index is 441. The van der Waals surface area contributed by atoms with Crippen LogP contribution in [0.4, 0.5) is 5.69 Å². The van der Waals surface area contributed by atoms with Crippen LogP contribution in [-0.2, 0) is 10.1 Å². The van der Waals surface area contributed by atoms with Crippen molar-refractivity contribution >= 4 is 27.4 Å². The van der Waals surface area contributed by atoms with Gasteiger partial charge < -0.3 is 5.73 Å².